The molecule has 0 saturated carbocycles. The van der Waals surface area contributed by atoms with Crippen LogP contribution in [-0.4, -0.2) is 32.6 Å². The van der Waals surface area contributed by atoms with E-state index in [4.69, 9.17) is 4.74 Å². The van der Waals surface area contributed by atoms with Crippen LogP contribution in [0.3, 0.4) is 0 Å². The first-order chi connectivity index (χ1) is 10.1. The van der Waals surface area contributed by atoms with Gasteiger partial charge in [0, 0.05) is 17.5 Å². The van der Waals surface area contributed by atoms with Gasteiger partial charge in [-0.15, -0.1) is 11.3 Å². The normalized spacial score (nSPS) is 14.1. The Morgan fingerprint density at radius 1 is 1.19 bits per heavy atom. The average molecular weight is 304 g/mol. The van der Waals surface area contributed by atoms with E-state index in [1.807, 2.05) is 23.5 Å². The third-order valence-corrected chi connectivity index (χ3v) is 4.70. The molecule has 2 unspecified atom stereocenters. The van der Waals surface area contributed by atoms with Gasteiger partial charge in [0.1, 0.15) is 5.75 Å². The van der Waals surface area contributed by atoms with Crippen molar-refractivity contribution in [2.24, 2.45) is 0 Å². The van der Waals surface area contributed by atoms with Gasteiger partial charge in [-0.1, -0.05) is 18.2 Å². The first-order valence-electron chi connectivity index (χ1n) is 7.19. The van der Waals surface area contributed by atoms with E-state index in [-0.39, 0.29) is 0 Å². The van der Waals surface area contributed by atoms with Gasteiger partial charge in [0.05, 0.1) is 13.2 Å². The minimum atomic E-state index is 0.318. The second kappa shape index (κ2) is 7.59. The van der Waals surface area contributed by atoms with E-state index < -0.39 is 0 Å². The smallest absolute Gasteiger partial charge is 0.118 e. The molecule has 0 aliphatic carbocycles. The van der Waals surface area contributed by atoms with Crippen molar-refractivity contribution in [2.45, 2.75) is 19.0 Å². The minimum Gasteiger partial charge on any atom is -0.497 e. The lowest BCUT2D eigenvalue weighted by Crippen LogP contribution is -2.32. The zero-order chi connectivity index (χ0) is 15.2. The molecule has 2 rings (SSSR count). The maximum absolute atomic E-state index is 5.20. The summed E-state index contributed by atoms with van der Waals surface area (Å²) in [6, 6.07) is 13.3. The van der Waals surface area contributed by atoms with Gasteiger partial charge in [0.2, 0.25) is 0 Å². The molecule has 1 aromatic heterocycles. The van der Waals surface area contributed by atoms with Crippen molar-refractivity contribution in [3.8, 4) is 5.75 Å². The van der Waals surface area contributed by atoms with Crippen molar-refractivity contribution in [2.75, 3.05) is 27.7 Å². The van der Waals surface area contributed by atoms with Gasteiger partial charge in [-0.25, -0.2) is 0 Å². The van der Waals surface area contributed by atoms with Crippen LogP contribution in [0.2, 0.25) is 0 Å². The SMILES string of the molecule is COc1ccc(C(C)NCC(c2cccs2)N(C)C)cc1. The number of likely N-dealkylation sites (N-methyl/N-ethyl adjacent to an activating group) is 1. The Labute approximate surface area is 131 Å². The van der Waals surface area contributed by atoms with E-state index in [0.717, 1.165) is 12.3 Å². The highest BCUT2D eigenvalue weighted by molar-refractivity contribution is 7.10. The van der Waals surface area contributed by atoms with Crippen molar-refractivity contribution < 1.29 is 4.74 Å². The fourth-order valence-corrected chi connectivity index (χ4v) is 3.24. The Morgan fingerprint density at radius 2 is 1.90 bits per heavy atom. The molecule has 0 spiro atoms. The molecule has 4 heteroatoms. The van der Waals surface area contributed by atoms with Crippen LogP contribution in [0.25, 0.3) is 0 Å². The van der Waals surface area contributed by atoms with Crippen LogP contribution in [0.1, 0.15) is 29.4 Å². The van der Waals surface area contributed by atoms with Gasteiger partial charge in [-0.3, -0.25) is 0 Å². The summed E-state index contributed by atoms with van der Waals surface area (Å²) >= 11 is 1.81. The van der Waals surface area contributed by atoms with Crippen LogP contribution < -0.4 is 10.1 Å². The van der Waals surface area contributed by atoms with Crippen molar-refractivity contribution in [3.63, 3.8) is 0 Å². The van der Waals surface area contributed by atoms with E-state index in [0.29, 0.717) is 12.1 Å². The van der Waals surface area contributed by atoms with Crippen LogP contribution in [-0.2, 0) is 0 Å². The molecule has 1 N–H and O–H groups in total. The Hall–Kier alpha value is -1.36. The summed E-state index contributed by atoms with van der Waals surface area (Å²) in [5.74, 6) is 0.899. The van der Waals surface area contributed by atoms with Crippen LogP contribution in [0.4, 0.5) is 0 Å². The highest BCUT2D eigenvalue weighted by Crippen LogP contribution is 2.24. The minimum absolute atomic E-state index is 0.318. The molecule has 3 nitrogen and oxygen atoms in total. The molecule has 0 aliphatic rings. The predicted molar refractivity (Wildman–Crippen MR) is 90.2 cm³/mol. The Balaban J connectivity index is 1.96. The zero-order valence-corrected chi connectivity index (χ0v) is 14.0. The molecule has 0 amide bonds. The molecule has 0 radical (unpaired) electrons. The topological polar surface area (TPSA) is 24.5 Å². The summed E-state index contributed by atoms with van der Waals surface area (Å²) in [6.07, 6.45) is 0. The largest absolute Gasteiger partial charge is 0.497 e. The van der Waals surface area contributed by atoms with Crippen molar-refractivity contribution >= 4 is 11.3 Å². The molecule has 0 aliphatic heterocycles. The maximum atomic E-state index is 5.20. The summed E-state index contributed by atoms with van der Waals surface area (Å²) in [5, 5.41) is 5.77. The number of thiophene rings is 1. The van der Waals surface area contributed by atoms with Gasteiger partial charge in [0.25, 0.3) is 0 Å². The van der Waals surface area contributed by atoms with Crippen molar-refractivity contribution in [1.82, 2.24) is 10.2 Å². The summed E-state index contributed by atoms with van der Waals surface area (Å²) in [7, 11) is 5.95. The lowest BCUT2D eigenvalue weighted by atomic mass is 10.1. The Kier molecular flexibility index (Phi) is 5.79. The van der Waals surface area contributed by atoms with E-state index in [1.54, 1.807) is 7.11 Å². The molecule has 2 aromatic rings. The van der Waals surface area contributed by atoms with E-state index >= 15 is 0 Å². The number of methoxy groups -OCH3 is 1. The van der Waals surface area contributed by atoms with Crippen LogP contribution in [0.5, 0.6) is 5.75 Å². The summed E-state index contributed by atoms with van der Waals surface area (Å²) in [6.45, 7) is 3.13. The lowest BCUT2D eigenvalue weighted by Gasteiger charge is -2.26. The first-order valence-corrected chi connectivity index (χ1v) is 8.07. The van der Waals surface area contributed by atoms with Crippen LogP contribution >= 0.6 is 11.3 Å². The highest BCUT2D eigenvalue weighted by Gasteiger charge is 2.16. The third kappa shape index (κ3) is 4.30. The Morgan fingerprint density at radius 3 is 2.43 bits per heavy atom. The van der Waals surface area contributed by atoms with E-state index in [1.165, 1.54) is 10.4 Å². The van der Waals surface area contributed by atoms with Crippen molar-refractivity contribution in [1.29, 1.82) is 0 Å². The van der Waals surface area contributed by atoms with Crippen LogP contribution in [0.15, 0.2) is 41.8 Å². The van der Waals surface area contributed by atoms with Crippen molar-refractivity contribution in [3.05, 3.63) is 52.2 Å². The molecule has 1 aromatic carbocycles. The molecule has 21 heavy (non-hydrogen) atoms. The van der Waals surface area contributed by atoms with E-state index in [9.17, 15) is 0 Å². The molecular formula is C17H24N2OS. The fraction of sp³-hybridized carbons (Fsp3) is 0.412. The first kappa shape index (κ1) is 16.0. The maximum Gasteiger partial charge on any atom is 0.118 e. The summed E-state index contributed by atoms with van der Waals surface area (Å²) in [4.78, 5) is 3.66. The number of nitrogens with zero attached hydrogens (tertiary/aromatic N) is 1. The van der Waals surface area contributed by atoms with Gasteiger partial charge in [0.15, 0.2) is 0 Å². The number of ether oxygens (including phenoxy) is 1. The molecule has 0 fully saturated rings. The number of rotatable bonds is 7. The predicted octanol–water partition coefficient (Wildman–Crippen LogP) is 3.71. The molecule has 2 atom stereocenters. The van der Waals surface area contributed by atoms with E-state index in [2.05, 4.69) is 60.9 Å². The fourth-order valence-electron chi connectivity index (χ4n) is 2.32. The number of hydrogen-bond acceptors (Lipinski definition) is 4. The second-order valence-electron chi connectivity index (χ2n) is 5.40. The third-order valence-electron chi connectivity index (χ3n) is 3.73. The number of nitrogens with one attached hydrogen (secondary N) is 1. The van der Waals surface area contributed by atoms with Gasteiger partial charge < -0.3 is 15.0 Å². The number of benzene rings is 1. The Bertz CT molecular complexity index is 522. The summed E-state index contributed by atoms with van der Waals surface area (Å²) < 4.78 is 5.20. The molecule has 0 saturated heterocycles. The molecular weight excluding hydrogens is 280 g/mol. The highest BCUT2D eigenvalue weighted by atomic mass is 32.1. The molecule has 114 valence electrons. The average Bonchev–Trinajstić information content (AvgIpc) is 3.01. The second-order valence-corrected chi connectivity index (χ2v) is 6.38. The van der Waals surface area contributed by atoms with Gasteiger partial charge in [-0.05, 0) is 50.2 Å². The molecule has 0 bridgehead atoms. The quantitative estimate of drug-likeness (QED) is 0.844. The standard InChI is InChI=1S/C17H24N2OS/c1-13(14-7-9-15(20-4)10-8-14)18-12-16(19(2)3)17-6-5-11-21-17/h5-11,13,16,18H,12H2,1-4H3. The number of hydrogen-bond donors (Lipinski definition) is 1. The lowest BCUT2D eigenvalue weighted by molar-refractivity contribution is 0.285. The zero-order valence-electron chi connectivity index (χ0n) is 13.2. The monoisotopic (exact) mass is 304 g/mol. The molecule has 1 heterocycles. The summed E-state index contributed by atoms with van der Waals surface area (Å²) in [5.41, 5.74) is 1.28. The van der Waals surface area contributed by atoms with Crippen LogP contribution in [0, 0.1) is 0 Å². The van der Waals surface area contributed by atoms with Gasteiger partial charge >= 0.3 is 0 Å². The van der Waals surface area contributed by atoms with Gasteiger partial charge in [-0.2, -0.15) is 0 Å².